The van der Waals surface area contributed by atoms with Crippen molar-refractivity contribution in [1.82, 2.24) is 0 Å². The highest BCUT2D eigenvalue weighted by Gasteiger charge is 2.39. The number of aryl methyl sites for hydroxylation is 1. The summed E-state index contributed by atoms with van der Waals surface area (Å²) in [5.74, 6) is 0. The van der Waals surface area contributed by atoms with E-state index in [4.69, 9.17) is 10.5 Å². The summed E-state index contributed by atoms with van der Waals surface area (Å²) in [6.45, 7) is 4.49. The van der Waals surface area contributed by atoms with Gasteiger partial charge in [0.2, 0.25) is 0 Å². The molecule has 1 aromatic carbocycles. The summed E-state index contributed by atoms with van der Waals surface area (Å²) in [6.07, 6.45) is 1.02. The number of benzene rings is 1. The van der Waals surface area contributed by atoms with E-state index >= 15 is 0 Å². The van der Waals surface area contributed by atoms with E-state index in [9.17, 15) is 0 Å². The quantitative estimate of drug-likeness (QED) is 0.787. The van der Waals surface area contributed by atoms with Crippen LogP contribution in [0.5, 0.6) is 0 Å². The van der Waals surface area contributed by atoms with E-state index < -0.39 is 0 Å². The van der Waals surface area contributed by atoms with E-state index in [2.05, 4.69) is 31.2 Å². The third-order valence-electron chi connectivity index (χ3n) is 3.04. The van der Waals surface area contributed by atoms with Crippen LogP contribution in [0.15, 0.2) is 24.3 Å². The van der Waals surface area contributed by atoms with Gasteiger partial charge < -0.3 is 10.5 Å². The van der Waals surface area contributed by atoms with Gasteiger partial charge in [0.25, 0.3) is 0 Å². The topological polar surface area (TPSA) is 35.2 Å². The van der Waals surface area contributed by atoms with Crippen LogP contribution in [0.4, 0.5) is 0 Å². The van der Waals surface area contributed by atoms with E-state index in [-0.39, 0.29) is 5.41 Å². The summed E-state index contributed by atoms with van der Waals surface area (Å²) in [6, 6.07) is 8.72. The second-order valence-electron chi connectivity index (χ2n) is 4.18. The van der Waals surface area contributed by atoms with Crippen molar-refractivity contribution in [2.45, 2.75) is 18.8 Å². The van der Waals surface area contributed by atoms with E-state index in [1.807, 2.05) is 0 Å². The molecule has 0 amide bonds. The van der Waals surface area contributed by atoms with Crippen molar-refractivity contribution in [3.05, 3.63) is 35.4 Å². The van der Waals surface area contributed by atoms with Crippen LogP contribution in [0, 0.1) is 6.92 Å². The highest BCUT2D eigenvalue weighted by Crippen LogP contribution is 2.35. The van der Waals surface area contributed by atoms with E-state index in [0.29, 0.717) is 0 Å². The molecule has 2 rings (SSSR count). The Hall–Kier alpha value is -0.860. The fourth-order valence-electron chi connectivity index (χ4n) is 1.99. The number of hydrogen-bond donors (Lipinski definition) is 1. The van der Waals surface area contributed by atoms with Crippen LogP contribution in [0.1, 0.15) is 17.5 Å². The number of hydrogen-bond acceptors (Lipinski definition) is 2. The van der Waals surface area contributed by atoms with Gasteiger partial charge in [-0.3, -0.25) is 0 Å². The molecule has 76 valence electrons. The van der Waals surface area contributed by atoms with E-state index in [1.165, 1.54) is 11.1 Å². The smallest absolute Gasteiger partial charge is 0.0586 e. The van der Waals surface area contributed by atoms with E-state index in [0.717, 1.165) is 26.2 Å². The fraction of sp³-hybridized carbons (Fsp3) is 0.500. The molecule has 14 heavy (non-hydrogen) atoms. The maximum Gasteiger partial charge on any atom is 0.0586 e. The van der Waals surface area contributed by atoms with Gasteiger partial charge in [-0.2, -0.15) is 0 Å². The van der Waals surface area contributed by atoms with Crippen LogP contribution < -0.4 is 5.73 Å². The lowest BCUT2D eigenvalue weighted by molar-refractivity contribution is -0.0631. The van der Waals surface area contributed by atoms with Gasteiger partial charge in [0, 0.05) is 5.41 Å². The average molecular weight is 191 g/mol. The predicted octanol–water partition coefficient (Wildman–Crippen LogP) is 1.61. The van der Waals surface area contributed by atoms with Crippen molar-refractivity contribution in [2.24, 2.45) is 5.73 Å². The molecule has 2 heteroatoms. The van der Waals surface area contributed by atoms with Gasteiger partial charge in [-0.05, 0) is 25.5 Å². The summed E-state index contributed by atoms with van der Waals surface area (Å²) >= 11 is 0. The molecule has 1 heterocycles. The van der Waals surface area contributed by atoms with Crippen molar-refractivity contribution in [2.75, 3.05) is 19.8 Å². The lowest BCUT2D eigenvalue weighted by Gasteiger charge is -2.42. The first-order valence-corrected chi connectivity index (χ1v) is 5.12. The summed E-state index contributed by atoms with van der Waals surface area (Å²) < 4.78 is 5.32. The van der Waals surface area contributed by atoms with Crippen molar-refractivity contribution >= 4 is 0 Å². The number of rotatable bonds is 3. The largest absolute Gasteiger partial charge is 0.379 e. The van der Waals surface area contributed by atoms with Gasteiger partial charge in [-0.15, -0.1) is 0 Å². The molecule has 2 N–H and O–H groups in total. The van der Waals surface area contributed by atoms with Gasteiger partial charge in [-0.25, -0.2) is 0 Å². The summed E-state index contributed by atoms with van der Waals surface area (Å²) in [4.78, 5) is 0. The Kier molecular flexibility index (Phi) is 2.57. The van der Waals surface area contributed by atoms with Crippen molar-refractivity contribution in [3.63, 3.8) is 0 Å². The van der Waals surface area contributed by atoms with Crippen LogP contribution in [-0.2, 0) is 10.2 Å². The minimum absolute atomic E-state index is 0.211. The molecule has 0 radical (unpaired) electrons. The average Bonchev–Trinajstić information content (AvgIpc) is 2.13. The summed E-state index contributed by atoms with van der Waals surface area (Å²) in [5.41, 5.74) is 8.52. The highest BCUT2D eigenvalue weighted by molar-refractivity contribution is 5.30. The highest BCUT2D eigenvalue weighted by atomic mass is 16.5. The van der Waals surface area contributed by atoms with Crippen LogP contribution in [0.2, 0.25) is 0 Å². The van der Waals surface area contributed by atoms with E-state index in [1.54, 1.807) is 0 Å². The zero-order chi connectivity index (χ0) is 10.0. The minimum atomic E-state index is 0.211. The Bertz CT molecular complexity index is 301. The molecule has 1 aliphatic heterocycles. The van der Waals surface area contributed by atoms with Crippen LogP contribution in [0.25, 0.3) is 0 Å². The second kappa shape index (κ2) is 3.71. The Morgan fingerprint density at radius 2 is 1.93 bits per heavy atom. The fourth-order valence-corrected chi connectivity index (χ4v) is 1.99. The first-order valence-electron chi connectivity index (χ1n) is 5.12. The lowest BCUT2D eigenvalue weighted by Crippen LogP contribution is -2.48. The first-order chi connectivity index (χ1) is 6.77. The molecule has 1 aromatic rings. The standard InChI is InChI=1S/C12H17NO/c1-10-2-4-11(5-3-10)12(6-7-13)8-14-9-12/h2-5H,6-9,13H2,1H3. The molecule has 0 atom stereocenters. The molecular formula is C12H17NO. The maximum atomic E-state index is 5.64. The Labute approximate surface area is 85.1 Å². The van der Waals surface area contributed by atoms with Gasteiger partial charge in [-0.1, -0.05) is 29.8 Å². The van der Waals surface area contributed by atoms with Gasteiger partial charge in [0.05, 0.1) is 13.2 Å². The Balaban J connectivity index is 2.23. The normalized spacial score (nSPS) is 19.0. The summed E-state index contributed by atoms with van der Waals surface area (Å²) in [7, 11) is 0. The molecule has 0 aliphatic carbocycles. The third-order valence-corrected chi connectivity index (χ3v) is 3.04. The molecule has 0 unspecified atom stereocenters. The Morgan fingerprint density at radius 1 is 1.29 bits per heavy atom. The van der Waals surface area contributed by atoms with Crippen LogP contribution >= 0.6 is 0 Å². The molecule has 1 fully saturated rings. The molecule has 0 bridgehead atoms. The van der Waals surface area contributed by atoms with Gasteiger partial charge in [0.15, 0.2) is 0 Å². The molecule has 2 nitrogen and oxygen atoms in total. The minimum Gasteiger partial charge on any atom is -0.379 e. The number of ether oxygens (including phenoxy) is 1. The molecular weight excluding hydrogens is 174 g/mol. The Morgan fingerprint density at radius 3 is 2.36 bits per heavy atom. The molecule has 0 aromatic heterocycles. The van der Waals surface area contributed by atoms with Crippen molar-refractivity contribution in [3.8, 4) is 0 Å². The lowest BCUT2D eigenvalue weighted by atomic mass is 9.76. The molecule has 1 aliphatic rings. The zero-order valence-corrected chi connectivity index (χ0v) is 8.62. The third kappa shape index (κ3) is 1.56. The zero-order valence-electron chi connectivity index (χ0n) is 8.62. The van der Waals surface area contributed by atoms with Gasteiger partial charge in [0.1, 0.15) is 0 Å². The van der Waals surface area contributed by atoms with Crippen LogP contribution in [-0.4, -0.2) is 19.8 Å². The second-order valence-corrected chi connectivity index (χ2v) is 4.18. The van der Waals surface area contributed by atoms with Crippen molar-refractivity contribution in [1.29, 1.82) is 0 Å². The molecule has 0 spiro atoms. The number of nitrogens with two attached hydrogens (primary N) is 1. The summed E-state index contributed by atoms with van der Waals surface area (Å²) in [5, 5.41) is 0. The SMILES string of the molecule is Cc1ccc(C2(CCN)COC2)cc1. The predicted molar refractivity (Wildman–Crippen MR) is 57.3 cm³/mol. The van der Waals surface area contributed by atoms with Crippen molar-refractivity contribution < 1.29 is 4.74 Å². The van der Waals surface area contributed by atoms with Crippen LogP contribution in [0.3, 0.4) is 0 Å². The van der Waals surface area contributed by atoms with Gasteiger partial charge >= 0.3 is 0 Å². The molecule has 0 saturated carbocycles. The monoisotopic (exact) mass is 191 g/mol. The maximum absolute atomic E-state index is 5.64. The first kappa shape index (κ1) is 9.69. The molecule has 1 saturated heterocycles.